The number of hydrogen-bond acceptors (Lipinski definition) is 3. The molecule has 0 bridgehead atoms. The second kappa shape index (κ2) is 6.53. The van der Waals surface area contributed by atoms with Crippen LogP contribution in [0.4, 0.5) is 0 Å². The molecule has 1 aliphatic rings. The van der Waals surface area contributed by atoms with Crippen molar-refractivity contribution in [3.63, 3.8) is 0 Å². The standard InChI is InChI=1S/C13H15Cl2NO2/c14-11-3-1-2-10(13(11)15)12(17)4-5-16-6-8-18-9-7-16/h1-3H,4-9H2. The van der Waals surface area contributed by atoms with E-state index in [2.05, 4.69) is 4.90 Å². The third kappa shape index (κ3) is 3.45. The van der Waals surface area contributed by atoms with Crippen LogP contribution in [0.3, 0.4) is 0 Å². The Morgan fingerprint density at radius 2 is 2.00 bits per heavy atom. The zero-order valence-electron chi connectivity index (χ0n) is 9.99. The van der Waals surface area contributed by atoms with E-state index in [-0.39, 0.29) is 5.78 Å². The van der Waals surface area contributed by atoms with E-state index >= 15 is 0 Å². The van der Waals surface area contributed by atoms with Crippen LogP contribution in [0.5, 0.6) is 0 Å². The van der Waals surface area contributed by atoms with Gasteiger partial charge in [-0.3, -0.25) is 9.69 Å². The van der Waals surface area contributed by atoms with E-state index in [4.69, 9.17) is 27.9 Å². The molecule has 0 unspecified atom stereocenters. The first-order chi connectivity index (χ1) is 8.68. The number of benzene rings is 1. The molecule has 0 radical (unpaired) electrons. The summed E-state index contributed by atoms with van der Waals surface area (Å²) in [5.41, 5.74) is 0.512. The van der Waals surface area contributed by atoms with Crippen molar-refractivity contribution in [2.24, 2.45) is 0 Å². The van der Waals surface area contributed by atoms with Gasteiger partial charge in [0.05, 0.1) is 23.3 Å². The average molecular weight is 288 g/mol. The first-order valence-corrected chi connectivity index (χ1v) is 6.71. The Labute approximate surface area is 117 Å². The van der Waals surface area contributed by atoms with Gasteiger partial charge in [-0.15, -0.1) is 0 Å². The molecule has 98 valence electrons. The van der Waals surface area contributed by atoms with Gasteiger partial charge in [0.2, 0.25) is 0 Å². The Kier molecular flexibility index (Phi) is 5.01. The molecule has 0 aliphatic carbocycles. The summed E-state index contributed by atoms with van der Waals surface area (Å²) in [6.07, 6.45) is 0.458. The van der Waals surface area contributed by atoms with Gasteiger partial charge < -0.3 is 4.74 Å². The maximum atomic E-state index is 12.1. The molecule has 0 aromatic heterocycles. The van der Waals surface area contributed by atoms with Gasteiger partial charge in [0, 0.05) is 31.6 Å². The van der Waals surface area contributed by atoms with Gasteiger partial charge in [0.15, 0.2) is 5.78 Å². The molecule has 5 heteroatoms. The highest BCUT2D eigenvalue weighted by Gasteiger charge is 2.15. The van der Waals surface area contributed by atoms with Gasteiger partial charge in [-0.1, -0.05) is 29.3 Å². The number of hydrogen-bond donors (Lipinski definition) is 0. The van der Waals surface area contributed by atoms with Crippen molar-refractivity contribution in [2.75, 3.05) is 32.8 Å². The van der Waals surface area contributed by atoms with E-state index in [0.717, 1.165) is 32.8 Å². The number of ketones is 1. The van der Waals surface area contributed by atoms with Crippen LogP contribution in [-0.4, -0.2) is 43.5 Å². The van der Waals surface area contributed by atoms with Gasteiger partial charge in [-0.2, -0.15) is 0 Å². The molecular formula is C13H15Cl2NO2. The predicted molar refractivity (Wildman–Crippen MR) is 72.7 cm³/mol. The van der Waals surface area contributed by atoms with Crippen molar-refractivity contribution in [2.45, 2.75) is 6.42 Å². The molecule has 1 saturated heterocycles. The average Bonchev–Trinajstić information content (AvgIpc) is 2.40. The molecule has 1 aromatic rings. The summed E-state index contributed by atoms with van der Waals surface area (Å²) in [5.74, 6) is 0.0361. The number of halogens is 2. The molecule has 0 spiro atoms. The molecule has 1 aliphatic heterocycles. The SMILES string of the molecule is O=C(CCN1CCOCC1)c1cccc(Cl)c1Cl. The summed E-state index contributed by atoms with van der Waals surface area (Å²) in [7, 11) is 0. The summed E-state index contributed by atoms with van der Waals surface area (Å²) in [6.45, 7) is 4.00. The topological polar surface area (TPSA) is 29.5 Å². The number of rotatable bonds is 4. The zero-order chi connectivity index (χ0) is 13.0. The first kappa shape index (κ1) is 13.8. The van der Waals surface area contributed by atoms with E-state index in [1.165, 1.54) is 0 Å². The Hall–Kier alpha value is -0.610. The third-order valence-electron chi connectivity index (χ3n) is 3.01. The fourth-order valence-electron chi connectivity index (χ4n) is 1.94. The maximum Gasteiger partial charge on any atom is 0.165 e. The minimum Gasteiger partial charge on any atom is -0.379 e. The van der Waals surface area contributed by atoms with Crippen molar-refractivity contribution in [3.05, 3.63) is 33.8 Å². The second-order valence-corrected chi connectivity index (χ2v) is 5.01. The van der Waals surface area contributed by atoms with E-state index in [1.54, 1.807) is 18.2 Å². The van der Waals surface area contributed by atoms with Crippen LogP contribution < -0.4 is 0 Å². The highest BCUT2D eigenvalue weighted by atomic mass is 35.5. The summed E-state index contributed by atoms with van der Waals surface area (Å²) in [6, 6.07) is 5.15. The van der Waals surface area contributed by atoms with E-state index in [1.807, 2.05) is 0 Å². The normalized spacial score (nSPS) is 16.8. The van der Waals surface area contributed by atoms with Crippen LogP contribution in [-0.2, 0) is 4.74 Å². The Morgan fingerprint density at radius 3 is 2.72 bits per heavy atom. The van der Waals surface area contributed by atoms with Crippen molar-refractivity contribution >= 4 is 29.0 Å². The van der Waals surface area contributed by atoms with Crippen LogP contribution in [0.25, 0.3) is 0 Å². The maximum absolute atomic E-state index is 12.1. The largest absolute Gasteiger partial charge is 0.379 e. The number of carbonyl (C=O) groups is 1. The lowest BCUT2D eigenvalue weighted by atomic mass is 10.1. The van der Waals surface area contributed by atoms with Crippen LogP contribution in [0, 0.1) is 0 Å². The van der Waals surface area contributed by atoms with Gasteiger partial charge in [0.25, 0.3) is 0 Å². The van der Waals surface area contributed by atoms with Crippen LogP contribution >= 0.6 is 23.2 Å². The van der Waals surface area contributed by atoms with Gasteiger partial charge in [0.1, 0.15) is 0 Å². The number of nitrogens with zero attached hydrogens (tertiary/aromatic N) is 1. The predicted octanol–water partition coefficient (Wildman–Crippen LogP) is 2.90. The van der Waals surface area contributed by atoms with Gasteiger partial charge in [-0.05, 0) is 12.1 Å². The molecule has 3 nitrogen and oxygen atoms in total. The highest BCUT2D eigenvalue weighted by molar-refractivity contribution is 6.43. The second-order valence-electron chi connectivity index (χ2n) is 4.23. The Balaban J connectivity index is 1.93. The van der Waals surface area contributed by atoms with Crippen molar-refractivity contribution < 1.29 is 9.53 Å². The lowest BCUT2D eigenvalue weighted by molar-refractivity contribution is 0.0370. The zero-order valence-corrected chi connectivity index (χ0v) is 11.5. The lowest BCUT2D eigenvalue weighted by Gasteiger charge is -2.26. The third-order valence-corrected chi connectivity index (χ3v) is 3.83. The van der Waals surface area contributed by atoms with Gasteiger partial charge >= 0.3 is 0 Å². The molecule has 1 heterocycles. The molecule has 2 rings (SSSR count). The van der Waals surface area contributed by atoms with E-state index in [0.29, 0.717) is 22.0 Å². The van der Waals surface area contributed by atoms with Gasteiger partial charge in [-0.25, -0.2) is 0 Å². The Bertz CT molecular complexity index is 431. The lowest BCUT2D eigenvalue weighted by Crippen LogP contribution is -2.37. The van der Waals surface area contributed by atoms with Crippen LogP contribution in [0.1, 0.15) is 16.8 Å². The van der Waals surface area contributed by atoms with E-state index in [9.17, 15) is 4.79 Å². The van der Waals surface area contributed by atoms with Crippen LogP contribution in [0.2, 0.25) is 10.0 Å². The summed E-state index contributed by atoms with van der Waals surface area (Å²) in [4.78, 5) is 14.3. The van der Waals surface area contributed by atoms with Crippen molar-refractivity contribution in [1.29, 1.82) is 0 Å². The molecule has 0 amide bonds. The van der Waals surface area contributed by atoms with Crippen molar-refractivity contribution in [3.8, 4) is 0 Å². The highest BCUT2D eigenvalue weighted by Crippen LogP contribution is 2.26. The minimum absolute atomic E-state index is 0.0361. The summed E-state index contributed by atoms with van der Waals surface area (Å²) in [5, 5.41) is 0.778. The van der Waals surface area contributed by atoms with Crippen molar-refractivity contribution in [1.82, 2.24) is 4.90 Å². The molecule has 0 saturated carbocycles. The molecule has 1 fully saturated rings. The number of ether oxygens (including phenoxy) is 1. The molecular weight excluding hydrogens is 273 g/mol. The summed E-state index contributed by atoms with van der Waals surface area (Å²) < 4.78 is 5.26. The molecule has 1 aromatic carbocycles. The fraction of sp³-hybridized carbons (Fsp3) is 0.462. The quantitative estimate of drug-likeness (QED) is 0.798. The number of carbonyl (C=O) groups excluding carboxylic acids is 1. The first-order valence-electron chi connectivity index (χ1n) is 5.96. The number of morpholine rings is 1. The molecule has 18 heavy (non-hydrogen) atoms. The monoisotopic (exact) mass is 287 g/mol. The smallest absolute Gasteiger partial charge is 0.165 e. The molecule has 0 atom stereocenters. The summed E-state index contributed by atoms with van der Waals surface area (Å²) >= 11 is 11.9. The van der Waals surface area contributed by atoms with Crippen LogP contribution in [0.15, 0.2) is 18.2 Å². The fourth-order valence-corrected chi connectivity index (χ4v) is 2.34. The molecule has 0 N–H and O–H groups in total. The number of Topliss-reactive ketones (excluding diaryl/α,β-unsaturated/α-hetero) is 1. The Morgan fingerprint density at radius 1 is 1.28 bits per heavy atom. The van der Waals surface area contributed by atoms with E-state index < -0.39 is 0 Å². The minimum atomic E-state index is 0.0361.